The number of Topliss-reactive ketones (excluding diaryl/α,β-unsaturated/α-hetero) is 1. The molecule has 1 aliphatic carbocycles. The number of aliphatic hydroxyl groups is 3. The summed E-state index contributed by atoms with van der Waals surface area (Å²) in [5.41, 5.74) is 0. The van der Waals surface area contributed by atoms with Crippen molar-refractivity contribution in [1.82, 2.24) is 10.6 Å². The number of fused-ring (bicyclic) bond motifs is 2. The van der Waals surface area contributed by atoms with Crippen molar-refractivity contribution >= 4 is 5.78 Å². The number of nitrogens with one attached hydrogen (secondary N) is 2. The molecule has 9 nitrogen and oxygen atoms in total. The van der Waals surface area contributed by atoms with Crippen LogP contribution in [-0.2, 0) is 19.0 Å². The molecule has 5 N–H and O–H groups in total. The number of hydrogen-bond donors (Lipinski definition) is 5. The second-order valence-corrected chi connectivity index (χ2v) is 7.35. The fraction of sp³-hybridized carbons (Fsp3) is 0.941. The van der Waals surface area contributed by atoms with Gasteiger partial charge in [0.25, 0.3) is 5.79 Å². The van der Waals surface area contributed by atoms with Gasteiger partial charge in [-0.15, -0.1) is 0 Å². The van der Waals surface area contributed by atoms with Crippen LogP contribution < -0.4 is 10.6 Å². The maximum absolute atomic E-state index is 12.6. The molecule has 1 saturated carbocycles. The van der Waals surface area contributed by atoms with Crippen LogP contribution in [0.1, 0.15) is 32.6 Å². The first-order chi connectivity index (χ1) is 12.4. The number of likely N-dealkylation sites (N-methyl/N-ethyl adjacent to an activating group) is 2. The fourth-order valence-electron chi connectivity index (χ4n) is 4.19. The van der Waals surface area contributed by atoms with Crippen molar-refractivity contribution in [3.8, 4) is 0 Å². The normalized spacial score (nSPS) is 48.8. The number of carbonyl (C=O) groups excluding carboxylic acids is 1. The van der Waals surface area contributed by atoms with Crippen LogP contribution >= 0.6 is 0 Å². The van der Waals surface area contributed by atoms with E-state index in [1.165, 1.54) is 0 Å². The lowest BCUT2D eigenvalue weighted by molar-refractivity contribution is -0.421. The van der Waals surface area contributed by atoms with E-state index in [0.717, 1.165) is 12.8 Å². The second-order valence-electron chi connectivity index (χ2n) is 7.35. The Morgan fingerprint density at radius 1 is 1.12 bits per heavy atom. The Bertz CT molecular complexity index is 521. The average molecular weight is 374 g/mol. The number of ketones is 1. The SMILES string of the molecule is CCCC[C@@H]1CC(=O)[C@@]2(O)O[C@@H]3[C@@H](NC)[C@H](O)[C@@H](NC)[C@H](O)[C@H]3O[C@H]2O1. The molecule has 0 radical (unpaired) electrons. The van der Waals surface area contributed by atoms with Crippen LogP contribution in [0.4, 0.5) is 0 Å². The lowest BCUT2D eigenvalue weighted by atomic mass is 9.80. The highest BCUT2D eigenvalue weighted by molar-refractivity contribution is 5.87. The van der Waals surface area contributed by atoms with E-state index in [2.05, 4.69) is 10.6 Å². The number of aliphatic hydroxyl groups excluding tert-OH is 2. The minimum Gasteiger partial charge on any atom is -0.390 e. The zero-order valence-corrected chi connectivity index (χ0v) is 15.4. The molecular weight excluding hydrogens is 344 g/mol. The molecular formula is C17H30N2O7. The third kappa shape index (κ3) is 3.20. The van der Waals surface area contributed by atoms with Crippen molar-refractivity contribution in [1.29, 1.82) is 0 Å². The zero-order valence-electron chi connectivity index (χ0n) is 15.4. The lowest BCUT2D eigenvalue weighted by Gasteiger charge is -2.55. The van der Waals surface area contributed by atoms with Crippen molar-refractivity contribution < 1.29 is 34.3 Å². The molecule has 3 aliphatic rings. The number of rotatable bonds is 5. The molecule has 2 aliphatic heterocycles. The van der Waals surface area contributed by atoms with Gasteiger partial charge >= 0.3 is 0 Å². The topological polar surface area (TPSA) is 130 Å². The summed E-state index contributed by atoms with van der Waals surface area (Å²) in [7, 11) is 3.26. The Morgan fingerprint density at radius 3 is 2.42 bits per heavy atom. The van der Waals surface area contributed by atoms with Crippen molar-refractivity contribution in [2.24, 2.45) is 0 Å². The van der Waals surface area contributed by atoms with Gasteiger partial charge < -0.3 is 40.2 Å². The number of carbonyl (C=O) groups is 1. The van der Waals surface area contributed by atoms with Gasteiger partial charge in [-0.05, 0) is 20.5 Å². The molecule has 9 atom stereocenters. The van der Waals surface area contributed by atoms with E-state index in [-0.39, 0.29) is 12.5 Å². The van der Waals surface area contributed by atoms with Crippen molar-refractivity contribution in [2.45, 2.75) is 87.3 Å². The number of unbranched alkanes of at least 4 members (excludes halogenated alkanes) is 1. The maximum Gasteiger partial charge on any atom is 0.280 e. The van der Waals surface area contributed by atoms with Gasteiger partial charge in [-0.2, -0.15) is 0 Å². The van der Waals surface area contributed by atoms with Gasteiger partial charge in [-0.1, -0.05) is 19.8 Å². The summed E-state index contributed by atoms with van der Waals surface area (Å²) in [6, 6.07) is -1.30. The van der Waals surface area contributed by atoms with Gasteiger partial charge in [-0.3, -0.25) is 4.79 Å². The summed E-state index contributed by atoms with van der Waals surface area (Å²) in [5, 5.41) is 37.8. The number of ether oxygens (including phenoxy) is 3. The van der Waals surface area contributed by atoms with Crippen molar-refractivity contribution in [2.75, 3.05) is 14.1 Å². The van der Waals surface area contributed by atoms with Gasteiger partial charge in [-0.25, -0.2) is 0 Å². The molecule has 26 heavy (non-hydrogen) atoms. The molecule has 3 fully saturated rings. The Kier molecular flexibility index (Phi) is 6.00. The monoisotopic (exact) mass is 374 g/mol. The molecule has 0 amide bonds. The summed E-state index contributed by atoms with van der Waals surface area (Å²) in [6.07, 6.45) is -2.92. The van der Waals surface area contributed by atoms with Crippen LogP contribution in [0.25, 0.3) is 0 Å². The van der Waals surface area contributed by atoms with Crippen LogP contribution in [0.5, 0.6) is 0 Å². The predicted octanol–water partition coefficient (Wildman–Crippen LogP) is -1.76. The van der Waals surface area contributed by atoms with Crippen LogP contribution in [0, 0.1) is 0 Å². The minimum atomic E-state index is -2.23. The molecule has 3 rings (SSSR count). The largest absolute Gasteiger partial charge is 0.390 e. The van der Waals surface area contributed by atoms with E-state index in [0.29, 0.717) is 6.42 Å². The predicted molar refractivity (Wildman–Crippen MR) is 90.2 cm³/mol. The van der Waals surface area contributed by atoms with E-state index in [4.69, 9.17) is 14.2 Å². The molecule has 9 heteroatoms. The second kappa shape index (κ2) is 7.76. The van der Waals surface area contributed by atoms with E-state index < -0.39 is 54.4 Å². The van der Waals surface area contributed by atoms with Crippen molar-refractivity contribution in [3.63, 3.8) is 0 Å². The van der Waals surface area contributed by atoms with Crippen LogP contribution in [0.3, 0.4) is 0 Å². The molecule has 2 heterocycles. The van der Waals surface area contributed by atoms with Crippen LogP contribution in [-0.4, -0.2) is 89.9 Å². The van der Waals surface area contributed by atoms with E-state index in [1.54, 1.807) is 14.1 Å². The van der Waals surface area contributed by atoms with Crippen LogP contribution in [0.15, 0.2) is 0 Å². The lowest BCUT2D eigenvalue weighted by Crippen LogP contribution is -2.77. The zero-order chi connectivity index (χ0) is 19.1. The Balaban J connectivity index is 1.84. The molecule has 2 saturated heterocycles. The Morgan fingerprint density at radius 2 is 1.81 bits per heavy atom. The minimum absolute atomic E-state index is 0.0439. The molecule has 0 aromatic rings. The van der Waals surface area contributed by atoms with Gasteiger partial charge in [0, 0.05) is 6.42 Å². The smallest absolute Gasteiger partial charge is 0.280 e. The van der Waals surface area contributed by atoms with E-state index >= 15 is 0 Å². The van der Waals surface area contributed by atoms with Gasteiger partial charge in [0.2, 0.25) is 6.29 Å². The highest BCUT2D eigenvalue weighted by Crippen LogP contribution is 2.40. The molecule has 0 bridgehead atoms. The van der Waals surface area contributed by atoms with Crippen LogP contribution in [0.2, 0.25) is 0 Å². The molecule has 0 aromatic carbocycles. The van der Waals surface area contributed by atoms with E-state index in [1.807, 2.05) is 6.92 Å². The quantitative estimate of drug-likeness (QED) is 0.380. The van der Waals surface area contributed by atoms with Gasteiger partial charge in [0.1, 0.15) is 18.3 Å². The standard InChI is InChI=1S/C17H30N2O7/c1-4-5-6-8-7-9(20)17(23)16(24-8)25-15-13(22)10(18-2)12(21)11(19-3)14(15)26-17/h8,10-16,18-19,21-23H,4-7H2,1-3H3/t8-,10-,11+,12-,13+,14-,15-,16-,17-/m1/s1. The van der Waals surface area contributed by atoms with Gasteiger partial charge in [0.15, 0.2) is 5.78 Å². The average Bonchev–Trinajstić information content (AvgIpc) is 2.61. The first-order valence-corrected chi connectivity index (χ1v) is 9.32. The first kappa shape index (κ1) is 20.1. The number of hydrogen-bond acceptors (Lipinski definition) is 9. The molecule has 0 aromatic heterocycles. The summed E-state index contributed by atoms with van der Waals surface area (Å²) in [5.74, 6) is -2.73. The third-order valence-corrected chi connectivity index (χ3v) is 5.71. The van der Waals surface area contributed by atoms with Gasteiger partial charge in [0.05, 0.1) is 24.3 Å². The first-order valence-electron chi connectivity index (χ1n) is 9.32. The Hall–Kier alpha value is -0.650. The summed E-state index contributed by atoms with van der Waals surface area (Å²) >= 11 is 0. The van der Waals surface area contributed by atoms with Crippen molar-refractivity contribution in [3.05, 3.63) is 0 Å². The van der Waals surface area contributed by atoms with E-state index in [9.17, 15) is 20.1 Å². The maximum atomic E-state index is 12.6. The Labute approximate surface area is 153 Å². The summed E-state index contributed by atoms with van der Waals surface area (Å²) < 4.78 is 17.4. The molecule has 0 spiro atoms. The highest BCUT2D eigenvalue weighted by Gasteiger charge is 2.63. The fourth-order valence-corrected chi connectivity index (χ4v) is 4.19. The summed E-state index contributed by atoms with van der Waals surface area (Å²) in [4.78, 5) is 12.6. The highest BCUT2D eigenvalue weighted by atomic mass is 16.8. The summed E-state index contributed by atoms with van der Waals surface area (Å²) in [6.45, 7) is 2.05. The molecule has 150 valence electrons. The molecule has 0 unspecified atom stereocenters. The third-order valence-electron chi connectivity index (χ3n) is 5.71.